The van der Waals surface area contributed by atoms with E-state index < -0.39 is 0 Å². The number of methoxy groups -OCH3 is 1. The Morgan fingerprint density at radius 1 is 1.38 bits per heavy atom. The van der Waals surface area contributed by atoms with Crippen LogP contribution < -0.4 is 9.47 Å². The molecule has 0 saturated heterocycles. The van der Waals surface area contributed by atoms with Gasteiger partial charge in [0.1, 0.15) is 18.1 Å². The van der Waals surface area contributed by atoms with Crippen molar-refractivity contribution in [2.75, 3.05) is 13.7 Å². The zero-order chi connectivity index (χ0) is 9.26. The summed E-state index contributed by atoms with van der Waals surface area (Å²) in [5.74, 6) is 1.82. The fourth-order valence-electron chi connectivity index (χ4n) is 1.44. The molecular weight excluding hydrogens is 164 g/mol. The Hall–Kier alpha value is -1.44. The van der Waals surface area contributed by atoms with Crippen LogP contribution in [-0.2, 0) is 0 Å². The molecule has 0 aromatic heterocycles. The van der Waals surface area contributed by atoms with Crippen LogP contribution in [0.5, 0.6) is 11.5 Å². The summed E-state index contributed by atoms with van der Waals surface area (Å²) in [5, 5.41) is 0. The lowest BCUT2D eigenvalue weighted by atomic mass is 10.0. The average Bonchev–Trinajstić information content (AvgIpc) is 2.18. The highest BCUT2D eigenvalue weighted by Crippen LogP contribution is 2.32. The van der Waals surface area contributed by atoms with Crippen molar-refractivity contribution in [1.29, 1.82) is 0 Å². The largest absolute Gasteiger partial charge is 0.497 e. The van der Waals surface area contributed by atoms with Crippen molar-refractivity contribution in [2.24, 2.45) is 0 Å². The van der Waals surface area contributed by atoms with E-state index in [2.05, 4.69) is 13.0 Å². The second-order valence-electron chi connectivity index (χ2n) is 3.06. The summed E-state index contributed by atoms with van der Waals surface area (Å²) >= 11 is 0. The zero-order valence-corrected chi connectivity index (χ0v) is 7.83. The van der Waals surface area contributed by atoms with Crippen LogP contribution in [0, 0.1) is 0 Å². The summed E-state index contributed by atoms with van der Waals surface area (Å²) < 4.78 is 10.6. The lowest BCUT2D eigenvalue weighted by Crippen LogP contribution is -2.03. The number of hydrogen-bond acceptors (Lipinski definition) is 2. The van der Waals surface area contributed by atoms with Crippen molar-refractivity contribution in [2.45, 2.75) is 6.92 Å². The maximum absolute atomic E-state index is 5.46. The van der Waals surface area contributed by atoms with Crippen LogP contribution in [0.15, 0.2) is 24.3 Å². The van der Waals surface area contributed by atoms with Gasteiger partial charge >= 0.3 is 0 Å². The van der Waals surface area contributed by atoms with Crippen molar-refractivity contribution >= 4 is 5.57 Å². The Morgan fingerprint density at radius 2 is 2.23 bits per heavy atom. The number of ether oxygens (including phenoxy) is 2. The molecule has 0 spiro atoms. The predicted octanol–water partition coefficient (Wildman–Crippen LogP) is 2.49. The van der Waals surface area contributed by atoms with Crippen LogP contribution >= 0.6 is 0 Å². The second kappa shape index (κ2) is 3.13. The summed E-state index contributed by atoms with van der Waals surface area (Å²) in [7, 11) is 1.67. The molecule has 1 heterocycles. The van der Waals surface area contributed by atoms with Crippen LogP contribution in [0.25, 0.3) is 5.57 Å². The summed E-state index contributed by atoms with van der Waals surface area (Å²) in [5.41, 5.74) is 2.38. The number of rotatable bonds is 1. The Bertz CT molecular complexity index is 353. The molecule has 2 nitrogen and oxygen atoms in total. The smallest absolute Gasteiger partial charge is 0.127 e. The van der Waals surface area contributed by atoms with E-state index in [1.54, 1.807) is 7.11 Å². The Labute approximate surface area is 77.8 Å². The van der Waals surface area contributed by atoms with E-state index in [9.17, 15) is 0 Å². The third kappa shape index (κ3) is 1.39. The Morgan fingerprint density at radius 3 is 3.00 bits per heavy atom. The molecule has 0 amide bonds. The number of hydrogen-bond donors (Lipinski definition) is 0. The average molecular weight is 176 g/mol. The van der Waals surface area contributed by atoms with Crippen LogP contribution in [-0.4, -0.2) is 13.7 Å². The van der Waals surface area contributed by atoms with E-state index in [0.29, 0.717) is 6.61 Å². The van der Waals surface area contributed by atoms with Crippen LogP contribution in [0.2, 0.25) is 0 Å². The van der Waals surface area contributed by atoms with E-state index in [0.717, 1.165) is 17.1 Å². The molecule has 1 aromatic rings. The van der Waals surface area contributed by atoms with Gasteiger partial charge in [-0.25, -0.2) is 0 Å². The van der Waals surface area contributed by atoms with Crippen LogP contribution in [0.1, 0.15) is 12.5 Å². The van der Waals surface area contributed by atoms with Crippen molar-refractivity contribution in [1.82, 2.24) is 0 Å². The van der Waals surface area contributed by atoms with E-state index in [4.69, 9.17) is 9.47 Å². The molecule has 68 valence electrons. The topological polar surface area (TPSA) is 18.5 Å². The van der Waals surface area contributed by atoms with Crippen LogP contribution in [0.3, 0.4) is 0 Å². The van der Waals surface area contributed by atoms with E-state index in [1.165, 1.54) is 5.57 Å². The molecule has 0 N–H and O–H groups in total. The molecular formula is C11H12O2. The van der Waals surface area contributed by atoms with Gasteiger partial charge in [0.25, 0.3) is 0 Å². The van der Waals surface area contributed by atoms with Gasteiger partial charge in [-0.1, -0.05) is 0 Å². The van der Waals surface area contributed by atoms with Gasteiger partial charge in [-0.05, 0) is 36.8 Å². The number of fused-ring (bicyclic) bond motifs is 1. The highest BCUT2D eigenvalue weighted by atomic mass is 16.5. The van der Waals surface area contributed by atoms with Crippen molar-refractivity contribution in [3.8, 4) is 11.5 Å². The van der Waals surface area contributed by atoms with E-state index in [1.807, 2.05) is 18.2 Å². The SMILES string of the molecule is COc1ccc2c(c1)C(C)=CCO2. The summed E-state index contributed by atoms with van der Waals surface area (Å²) in [6.07, 6.45) is 2.07. The first-order valence-corrected chi connectivity index (χ1v) is 4.29. The predicted molar refractivity (Wildman–Crippen MR) is 52.1 cm³/mol. The summed E-state index contributed by atoms with van der Waals surface area (Å²) in [4.78, 5) is 0. The molecule has 1 aliphatic rings. The zero-order valence-electron chi connectivity index (χ0n) is 7.83. The quantitative estimate of drug-likeness (QED) is 0.654. The van der Waals surface area contributed by atoms with Crippen molar-refractivity contribution in [3.63, 3.8) is 0 Å². The van der Waals surface area contributed by atoms with Gasteiger partial charge < -0.3 is 9.47 Å². The van der Waals surface area contributed by atoms with Gasteiger partial charge in [0.2, 0.25) is 0 Å². The molecule has 0 bridgehead atoms. The highest BCUT2D eigenvalue weighted by molar-refractivity contribution is 5.71. The van der Waals surface area contributed by atoms with Gasteiger partial charge in [-0.15, -0.1) is 0 Å². The van der Waals surface area contributed by atoms with Gasteiger partial charge in [0.05, 0.1) is 7.11 Å². The fraction of sp³-hybridized carbons (Fsp3) is 0.273. The number of allylic oxidation sites excluding steroid dienone is 1. The van der Waals surface area contributed by atoms with Gasteiger partial charge in [0, 0.05) is 5.56 Å². The lowest BCUT2D eigenvalue weighted by molar-refractivity contribution is 0.355. The minimum absolute atomic E-state index is 0.672. The first kappa shape index (κ1) is 8.17. The molecule has 0 unspecified atom stereocenters. The molecule has 0 atom stereocenters. The molecule has 2 heteroatoms. The first-order valence-electron chi connectivity index (χ1n) is 4.29. The second-order valence-corrected chi connectivity index (χ2v) is 3.06. The third-order valence-electron chi connectivity index (χ3n) is 2.24. The molecule has 0 radical (unpaired) electrons. The third-order valence-corrected chi connectivity index (χ3v) is 2.24. The van der Waals surface area contributed by atoms with E-state index in [-0.39, 0.29) is 0 Å². The van der Waals surface area contributed by atoms with Crippen LogP contribution in [0.4, 0.5) is 0 Å². The standard InChI is InChI=1S/C11H12O2/c1-8-5-6-13-11-4-3-9(12-2)7-10(8)11/h3-5,7H,6H2,1-2H3. The Kier molecular flexibility index (Phi) is 1.97. The first-order chi connectivity index (χ1) is 6.31. The molecule has 0 fully saturated rings. The number of benzene rings is 1. The molecule has 2 rings (SSSR count). The molecule has 0 aliphatic carbocycles. The molecule has 0 saturated carbocycles. The van der Waals surface area contributed by atoms with Gasteiger partial charge in [0.15, 0.2) is 0 Å². The normalized spacial score (nSPS) is 14.2. The Balaban J connectivity index is 2.50. The van der Waals surface area contributed by atoms with Crippen molar-refractivity contribution in [3.05, 3.63) is 29.8 Å². The maximum Gasteiger partial charge on any atom is 0.127 e. The van der Waals surface area contributed by atoms with Crippen molar-refractivity contribution < 1.29 is 9.47 Å². The maximum atomic E-state index is 5.46. The molecule has 13 heavy (non-hydrogen) atoms. The minimum Gasteiger partial charge on any atom is -0.497 e. The monoisotopic (exact) mass is 176 g/mol. The molecule has 1 aromatic carbocycles. The summed E-state index contributed by atoms with van der Waals surface area (Å²) in [6.45, 7) is 2.76. The fourth-order valence-corrected chi connectivity index (χ4v) is 1.44. The van der Waals surface area contributed by atoms with Gasteiger partial charge in [-0.3, -0.25) is 0 Å². The van der Waals surface area contributed by atoms with Gasteiger partial charge in [-0.2, -0.15) is 0 Å². The van der Waals surface area contributed by atoms with E-state index >= 15 is 0 Å². The summed E-state index contributed by atoms with van der Waals surface area (Å²) in [6, 6.07) is 5.86. The lowest BCUT2D eigenvalue weighted by Gasteiger charge is -2.16. The highest BCUT2D eigenvalue weighted by Gasteiger charge is 2.10. The minimum atomic E-state index is 0.672. The molecule has 1 aliphatic heterocycles.